The molecular formula is C24H36O4. The molecule has 0 bridgehead atoms. The monoisotopic (exact) mass is 388 g/mol. The molecule has 0 atom stereocenters. The molecule has 1 aromatic carbocycles. The van der Waals surface area contributed by atoms with E-state index in [1.807, 2.05) is 12.2 Å². The van der Waals surface area contributed by atoms with Gasteiger partial charge in [0, 0.05) is 6.92 Å². The van der Waals surface area contributed by atoms with Crippen molar-refractivity contribution < 1.29 is 19.4 Å². The van der Waals surface area contributed by atoms with Crippen LogP contribution < -0.4 is 4.74 Å². The van der Waals surface area contributed by atoms with E-state index in [2.05, 4.69) is 6.92 Å². The first-order chi connectivity index (χ1) is 13.6. The van der Waals surface area contributed by atoms with Gasteiger partial charge in [-0.25, -0.2) is 4.79 Å². The lowest BCUT2D eigenvalue weighted by Gasteiger charge is -2.08. The van der Waals surface area contributed by atoms with Gasteiger partial charge in [0.15, 0.2) is 0 Å². The molecule has 0 saturated carbocycles. The van der Waals surface area contributed by atoms with Crippen molar-refractivity contribution in [3.05, 3.63) is 35.4 Å². The van der Waals surface area contributed by atoms with Gasteiger partial charge in [-0.3, -0.25) is 4.79 Å². The zero-order valence-corrected chi connectivity index (χ0v) is 17.5. The molecule has 0 aliphatic heterocycles. The molecule has 1 aromatic rings. The molecule has 1 N–H and O–H groups in total. The second kappa shape index (κ2) is 14.9. The SMILES string of the molecule is CCCCCCCCCCCCCC=Cc1cccc(OC(C)=O)c1C(=O)O. The van der Waals surface area contributed by atoms with Crippen LogP contribution in [0.2, 0.25) is 0 Å². The molecule has 0 aliphatic carbocycles. The third-order valence-electron chi connectivity index (χ3n) is 4.80. The van der Waals surface area contributed by atoms with Gasteiger partial charge in [0.1, 0.15) is 11.3 Å². The highest BCUT2D eigenvalue weighted by Crippen LogP contribution is 2.24. The molecule has 28 heavy (non-hydrogen) atoms. The predicted octanol–water partition coefficient (Wildman–Crippen LogP) is 7.02. The second-order valence-corrected chi connectivity index (χ2v) is 7.35. The van der Waals surface area contributed by atoms with Crippen molar-refractivity contribution in [2.24, 2.45) is 0 Å². The van der Waals surface area contributed by atoms with E-state index < -0.39 is 11.9 Å². The van der Waals surface area contributed by atoms with Crippen LogP contribution in [0.5, 0.6) is 5.75 Å². The third-order valence-corrected chi connectivity index (χ3v) is 4.80. The van der Waals surface area contributed by atoms with Crippen LogP contribution in [0.3, 0.4) is 0 Å². The topological polar surface area (TPSA) is 63.6 Å². The van der Waals surface area contributed by atoms with E-state index >= 15 is 0 Å². The lowest BCUT2D eigenvalue weighted by atomic mass is 10.0. The Bertz CT molecular complexity index is 619. The number of hydrogen-bond acceptors (Lipinski definition) is 3. The number of carbonyl (C=O) groups is 2. The Kier molecular flexibility index (Phi) is 12.7. The average Bonchev–Trinajstić information content (AvgIpc) is 2.65. The largest absolute Gasteiger partial charge is 0.478 e. The Balaban J connectivity index is 2.27. The van der Waals surface area contributed by atoms with Crippen LogP contribution in [0, 0.1) is 0 Å². The van der Waals surface area contributed by atoms with E-state index in [4.69, 9.17) is 4.74 Å². The van der Waals surface area contributed by atoms with Crippen molar-refractivity contribution in [1.29, 1.82) is 0 Å². The highest BCUT2D eigenvalue weighted by atomic mass is 16.5. The van der Waals surface area contributed by atoms with Crippen molar-refractivity contribution in [3.63, 3.8) is 0 Å². The summed E-state index contributed by atoms with van der Waals surface area (Å²) < 4.78 is 5.01. The maximum absolute atomic E-state index is 11.5. The molecule has 156 valence electrons. The molecule has 0 radical (unpaired) electrons. The number of benzene rings is 1. The van der Waals surface area contributed by atoms with E-state index in [0.717, 1.165) is 12.8 Å². The smallest absolute Gasteiger partial charge is 0.340 e. The van der Waals surface area contributed by atoms with Crippen LogP contribution in [0.4, 0.5) is 0 Å². The molecule has 4 nitrogen and oxygen atoms in total. The highest BCUT2D eigenvalue weighted by molar-refractivity contribution is 5.96. The average molecular weight is 389 g/mol. The van der Waals surface area contributed by atoms with Crippen LogP contribution in [0.1, 0.15) is 107 Å². The molecule has 0 aliphatic rings. The fourth-order valence-electron chi connectivity index (χ4n) is 3.29. The summed E-state index contributed by atoms with van der Waals surface area (Å²) in [7, 11) is 0. The van der Waals surface area contributed by atoms with Gasteiger partial charge in [-0.05, 0) is 24.5 Å². The number of carbonyl (C=O) groups excluding carboxylic acids is 1. The summed E-state index contributed by atoms with van der Waals surface area (Å²) in [6.07, 6.45) is 19.2. The van der Waals surface area contributed by atoms with Crippen LogP contribution in [0.15, 0.2) is 24.3 Å². The number of ether oxygens (including phenoxy) is 1. The van der Waals surface area contributed by atoms with Gasteiger partial charge in [-0.1, -0.05) is 95.4 Å². The number of rotatable bonds is 15. The Morgan fingerprint density at radius 1 is 0.929 bits per heavy atom. The molecule has 4 heteroatoms. The normalized spacial score (nSPS) is 11.1. The summed E-state index contributed by atoms with van der Waals surface area (Å²) in [6, 6.07) is 4.94. The molecule has 0 heterocycles. The summed E-state index contributed by atoms with van der Waals surface area (Å²) in [5, 5.41) is 9.44. The van der Waals surface area contributed by atoms with Gasteiger partial charge in [0.2, 0.25) is 0 Å². The fraction of sp³-hybridized carbons (Fsp3) is 0.583. The van der Waals surface area contributed by atoms with E-state index in [-0.39, 0.29) is 11.3 Å². The third kappa shape index (κ3) is 10.3. The number of carboxylic acid groups (broad SMARTS) is 1. The number of allylic oxidation sites excluding steroid dienone is 1. The van der Waals surface area contributed by atoms with Crippen LogP contribution in [-0.2, 0) is 4.79 Å². The molecule has 1 rings (SSSR count). The number of hydrogen-bond donors (Lipinski definition) is 1. The van der Waals surface area contributed by atoms with E-state index in [9.17, 15) is 14.7 Å². The van der Waals surface area contributed by atoms with Crippen LogP contribution in [-0.4, -0.2) is 17.0 Å². The minimum atomic E-state index is -1.09. The summed E-state index contributed by atoms with van der Waals surface area (Å²) in [5.74, 6) is -1.52. The zero-order valence-electron chi connectivity index (χ0n) is 17.5. The summed E-state index contributed by atoms with van der Waals surface area (Å²) in [4.78, 5) is 22.7. The molecule has 0 unspecified atom stereocenters. The van der Waals surface area contributed by atoms with Crippen molar-refractivity contribution >= 4 is 18.0 Å². The van der Waals surface area contributed by atoms with Crippen LogP contribution in [0.25, 0.3) is 6.08 Å². The first-order valence-corrected chi connectivity index (χ1v) is 10.8. The van der Waals surface area contributed by atoms with Gasteiger partial charge < -0.3 is 9.84 Å². The summed E-state index contributed by atoms with van der Waals surface area (Å²) in [6.45, 7) is 3.51. The summed E-state index contributed by atoms with van der Waals surface area (Å²) in [5.41, 5.74) is 0.599. The first-order valence-electron chi connectivity index (χ1n) is 10.8. The Morgan fingerprint density at radius 2 is 1.50 bits per heavy atom. The van der Waals surface area contributed by atoms with Gasteiger partial charge in [-0.15, -0.1) is 0 Å². The summed E-state index contributed by atoms with van der Waals surface area (Å²) >= 11 is 0. The number of esters is 1. The second-order valence-electron chi connectivity index (χ2n) is 7.35. The number of carboxylic acids is 1. The predicted molar refractivity (Wildman–Crippen MR) is 115 cm³/mol. The minimum absolute atomic E-state index is 0.0351. The maximum atomic E-state index is 11.5. The van der Waals surface area contributed by atoms with Crippen molar-refractivity contribution in [3.8, 4) is 5.75 Å². The Hall–Kier alpha value is -2.10. The fourth-order valence-corrected chi connectivity index (χ4v) is 3.29. The van der Waals surface area contributed by atoms with Crippen LogP contribution >= 0.6 is 0 Å². The van der Waals surface area contributed by atoms with Gasteiger partial charge in [0.25, 0.3) is 0 Å². The molecule has 0 saturated heterocycles. The quantitative estimate of drug-likeness (QED) is 0.199. The number of aromatic carboxylic acids is 1. The Morgan fingerprint density at radius 3 is 2.04 bits per heavy atom. The van der Waals surface area contributed by atoms with Gasteiger partial charge in [-0.2, -0.15) is 0 Å². The standard InChI is InChI=1S/C24H36O4/c1-3-4-5-6-7-8-9-10-11-12-13-14-15-17-21-18-16-19-22(28-20(2)25)23(21)24(26)27/h15-19H,3-14H2,1-2H3,(H,26,27). The van der Waals surface area contributed by atoms with Crippen molar-refractivity contribution in [2.45, 2.75) is 90.9 Å². The molecule has 0 fully saturated rings. The minimum Gasteiger partial charge on any atom is -0.478 e. The molecule has 0 spiro atoms. The van der Waals surface area contributed by atoms with E-state index in [1.165, 1.54) is 77.2 Å². The van der Waals surface area contributed by atoms with Gasteiger partial charge in [0.05, 0.1) is 0 Å². The van der Waals surface area contributed by atoms with E-state index in [0.29, 0.717) is 5.56 Å². The van der Waals surface area contributed by atoms with E-state index in [1.54, 1.807) is 12.1 Å². The molecule has 0 aromatic heterocycles. The number of unbranched alkanes of at least 4 members (excludes halogenated alkanes) is 11. The van der Waals surface area contributed by atoms with Gasteiger partial charge >= 0.3 is 11.9 Å². The lowest BCUT2D eigenvalue weighted by Crippen LogP contribution is -2.08. The van der Waals surface area contributed by atoms with Crippen molar-refractivity contribution in [1.82, 2.24) is 0 Å². The Labute approximate surface area is 170 Å². The molecule has 0 amide bonds. The molecular weight excluding hydrogens is 352 g/mol. The maximum Gasteiger partial charge on any atom is 0.340 e. The highest BCUT2D eigenvalue weighted by Gasteiger charge is 2.16. The first kappa shape index (κ1) is 23.9. The lowest BCUT2D eigenvalue weighted by molar-refractivity contribution is -0.131. The zero-order chi connectivity index (χ0) is 20.6. The van der Waals surface area contributed by atoms with Crippen molar-refractivity contribution in [2.75, 3.05) is 0 Å².